The van der Waals surface area contributed by atoms with Crippen molar-refractivity contribution in [2.45, 2.75) is 24.6 Å². The number of thioether (sulfide) groups is 1. The van der Waals surface area contributed by atoms with Gasteiger partial charge in [-0.1, -0.05) is 46.6 Å². The van der Waals surface area contributed by atoms with Gasteiger partial charge in [0.05, 0.1) is 11.4 Å². The summed E-state index contributed by atoms with van der Waals surface area (Å²) in [6, 6.07) is 7.75. The fourth-order valence-corrected chi connectivity index (χ4v) is 4.16. The molecular weight excluding hydrogens is 404 g/mol. The van der Waals surface area contributed by atoms with Gasteiger partial charge in [0.15, 0.2) is 4.34 Å². The third kappa shape index (κ3) is 5.31. The van der Waals surface area contributed by atoms with Crippen molar-refractivity contribution in [3.05, 3.63) is 40.4 Å². The van der Waals surface area contributed by atoms with E-state index in [4.69, 9.17) is 0 Å². The Balaban J connectivity index is 1.49. The lowest BCUT2D eigenvalue weighted by Crippen LogP contribution is -2.13. The molecule has 0 saturated carbocycles. The molecule has 0 spiro atoms. The van der Waals surface area contributed by atoms with E-state index < -0.39 is 0 Å². The van der Waals surface area contributed by atoms with Gasteiger partial charge in [-0.15, -0.1) is 15.3 Å². The molecule has 2 amide bonds. The van der Waals surface area contributed by atoms with Crippen molar-refractivity contribution in [1.82, 2.24) is 19.8 Å². The van der Waals surface area contributed by atoms with Crippen LogP contribution in [0.4, 0.5) is 10.8 Å². The van der Waals surface area contributed by atoms with Crippen LogP contribution in [0.3, 0.4) is 0 Å². The Labute approximate surface area is 168 Å². The number of benzene rings is 1. The van der Waals surface area contributed by atoms with E-state index in [1.807, 2.05) is 24.3 Å². The summed E-state index contributed by atoms with van der Waals surface area (Å²) >= 11 is 3.50. The Bertz CT molecular complexity index is 938. The van der Waals surface area contributed by atoms with Crippen molar-refractivity contribution in [3.8, 4) is 0 Å². The summed E-state index contributed by atoms with van der Waals surface area (Å²) in [5.74, 6) is -0.240. The second-order valence-corrected chi connectivity index (χ2v) is 8.36. The molecule has 0 saturated heterocycles. The SMILES string of the molecule is CCc1ccc(NC(=O)CSc2nnc(NC(=O)c3snnc3C)s2)cc1. The average Bonchev–Trinajstić information content (AvgIpc) is 3.29. The maximum atomic E-state index is 12.1. The van der Waals surface area contributed by atoms with Gasteiger partial charge in [-0.05, 0) is 42.6 Å². The fourth-order valence-electron chi connectivity index (χ4n) is 2.06. The third-order valence-electron chi connectivity index (χ3n) is 3.46. The minimum atomic E-state index is -0.316. The first kappa shape index (κ1) is 19.4. The van der Waals surface area contributed by atoms with Crippen LogP contribution in [-0.2, 0) is 11.2 Å². The molecule has 3 rings (SSSR count). The van der Waals surface area contributed by atoms with Gasteiger partial charge < -0.3 is 5.32 Å². The van der Waals surface area contributed by atoms with Crippen molar-refractivity contribution in [2.75, 3.05) is 16.4 Å². The second-order valence-electron chi connectivity index (χ2n) is 5.40. The Morgan fingerprint density at radius 1 is 1.11 bits per heavy atom. The van der Waals surface area contributed by atoms with Crippen LogP contribution in [-0.4, -0.2) is 37.4 Å². The number of carbonyl (C=O) groups excluding carboxylic acids is 2. The predicted octanol–water partition coefficient (Wildman–Crippen LogP) is 3.24. The summed E-state index contributed by atoms with van der Waals surface area (Å²) in [5.41, 5.74) is 2.55. The van der Waals surface area contributed by atoms with E-state index in [-0.39, 0.29) is 17.6 Å². The molecule has 8 nitrogen and oxygen atoms in total. The largest absolute Gasteiger partial charge is 0.325 e. The van der Waals surface area contributed by atoms with Gasteiger partial charge in [0, 0.05) is 5.69 Å². The quantitative estimate of drug-likeness (QED) is 0.446. The number of nitrogens with one attached hydrogen (secondary N) is 2. The Morgan fingerprint density at radius 2 is 1.89 bits per heavy atom. The Morgan fingerprint density at radius 3 is 2.56 bits per heavy atom. The van der Waals surface area contributed by atoms with Crippen LogP contribution in [0.15, 0.2) is 28.6 Å². The smallest absolute Gasteiger partial charge is 0.271 e. The van der Waals surface area contributed by atoms with Crippen LogP contribution >= 0.6 is 34.6 Å². The molecule has 2 N–H and O–H groups in total. The van der Waals surface area contributed by atoms with Gasteiger partial charge in [-0.2, -0.15) is 0 Å². The molecule has 0 unspecified atom stereocenters. The van der Waals surface area contributed by atoms with E-state index in [2.05, 4.69) is 37.3 Å². The Hall–Kier alpha value is -2.37. The summed E-state index contributed by atoms with van der Waals surface area (Å²) in [7, 11) is 0. The lowest BCUT2D eigenvalue weighted by atomic mass is 10.1. The molecule has 3 aromatic rings. The van der Waals surface area contributed by atoms with Gasteiger partial charge in [0.1, 0.15) is 4.88 Å². The van der Waals surface area contributed by atoms with Crippen molar-refractivity contribution in [2.24, 2.45) is 0 Å². The predicted molar refractivity (Wildman–Crippen MR) is 108 cm³/mol. The number of rotatable bonds is 7. The minimum Gasteiger partial charge on any atom is -0.325 e. The zero-order valence-electron chi connectivity index (χ0n) is 14.6. The Kier molecular flexibility index (Phi) is 6.48. The van der Waals surface area contributed by atoms with Gasteiger partial charge in [-0.3, -0.25) is 14.9 Å². The number of aromatic nitrogens is 4. The van der Waals surface area contributed by atoms with Gasteiger partial charge in [-0.25, -0.2) is 0 Å². The highest BCUT2D eigenvalue weighted by Crippen LogP contribution is 2.26. The van der Waals surface area contributed by atoms with Crippen molar-refractivity contribution < 1.29 is 9.59 Å². The number of anilines is 2. The maximum absolute atomic E-state index is 12.1. The molecule has 0 atom stereocenters. The summed E-state index contributed by atoms with van der Waals surface area (Å²) in [5, 5.41) is 17.6. The van der Waals surface area contributed by atoms with E-state index >= 15 is 0 Å². The average molecular weight is 421 g/mol. The van der Waals surface area contributed by atoms with Gasteiger partial charge >= 0.3 is 0 Å². The van der Waals surface area contributed by atoms with Crippen molar-refractivity contribution in [1.29, 1.82) is 0 Å². The number of aryl methyl sites for hydroxylation is 2. The van der Waals surface area contributed by atoms with E-state index in [1.54, 1.807) is 6.92 Å². The van der Waals surface area contributed by atoms with Crippen LogP contribution < -0.4 is 10.6 Å². The monoisotopic (exact) mass is 420 g/mol. The topological polar surface area (TPSA) is 110 Å². The standard InChI is InChI=1S/C16H16N6O2S3/c1-3-10-4-6-11(7-5-10)17-12(23)8-25-16-21-20-15(26-16)18-14(24)13-9(2)19-22-27-13/h4-7H,3,8H2,1-2H3,(H,17,23)(H,18,20,24). The fraction of sp³-hybridized carbons (Fsp3) is 0.250. The van der Waals surface area contributed by atoms with E-state index in [0.717, 1.165) is 23.6 Å². The molecule has 2 aromatic heterocycles. The van der Waals surface area contributed by atoms with Crippen molar-refractivity contribution >= 4 is 57.3 Å². The summed E-state index contributed by atoms with van der Waals surface area (Å²) in [4.78, 5) is 24.6. The highest BCUT2D eigenvalue weighted by molar-refractivity contribution is 8.01. The zero-order chi connectivity index (χ0) is 19.2. The third-order valence-corrected chi connectivity index (χ3v) is 6.26. The van der Waals surface area contributed by atoms with Crippen molar-refractivity contribution in [3.63, 3.8) is 0 Å². The highest BCUT2D eigenvalue weighted by atomic mass is 32.2. The first-order chi connectivity index (χ1) is 13.0. The van der Waals surface area contributed by atoms with Crippen LogP contribution in [0.2, 0.25) is 0 Å². The number of hydrogen-bond acceptors (Lipinski definition) is 9. The second kappa shape index (κ2) is 9.02. The van der Waals surface area contributed by atoms with Crippen LogP contribution in [0.25, 0.3) is 0 Å². The van der Waals surface area contributed by atoms with Crippen LogP contribution in [0.1, 0.15) is 27.9 Å². The number of hydrogen-bond donors (Lipinski definition) is 2. The van der Waals surface area contributed by atoms with Crippen LogP contribution in [0, 0.1) is 6.92 Å². The van der Waals surface area contributed by atoms with Gasteiger partial charge in [0.25, 0.3) is 5.91 Å². The zero-order valence-corrected chi connectivity index (χ0v) is 17.0. The molecule has 0 fully saturated rings. The lowest BCUT2D eigenvalue weighted by Gasteiger charge is -2.05. The van der Waals surface area contributed by atoms with E-state index in [9.17, 15) is 9.59 Å². The molecule has 0 aliphatic carbocycles. The molecule has 0 aliphatic heterocycles. The van der Waals surface area contributed by atoms with Crippen LogP contribution in [0.5, 0.6) is 0 Å². The number of amides is 2. The molecule has 0 aliphatic rings. The summed E-state index contributed by atoms with van der Waals surface area (Å²) < 4.78 is 4.33. The molecular formula is C16H16N6O2S3. The molecule has 27 heavy (non-hydrogen) atoms. The number of nitrogens with zero attached hydrogens (tertiary/aromatic N) is 4. The first-order valence-corrected chi connectivity index (χ1v) is 10.6. The highest BCUT2D eigenvalue weighted by Gasteiger charge is 2.16. The summed E-state index contributed by atoms with van der Waals surface area (Å²) in [6.45, 7) is 3.80. The number of carbonyl (C=O) groups is 2. The first-order valence-electron chi connectivity index (χ1n) is 8.00. The molecule has 11 heteroatoms. The molecule has 1 aromatic carbocycles. The normalized spacial score (nSPS) is 10.6. The maximum Gasteiger partial charge on any atom is 0.271 e. The minimum absolute atomic E-state index is 0.128. The van der Waals surface area contributed by atoms with E-state index in [1.165, 1.54) is 28.7 Å². The molecule has 0 radical (unpaired) electrons. The lowest BCUT2D eigenvalue weighted by molar-refractivity contribution is -0.113. The molecule has 0 bridgehead atoms. The molecule has 140 valence electrons. The molecule has 2 heterocycles. The summed E-state index contributed by atoms with van der Waals surface area (Å²) in [6.07, 6.45) is 0.957. The van der Waals surface area contributed by atoms with E-state index in [0.29, 0.717) is 20.0 Å². The van der Waals surface area contributed by atoms with Gasteiger partial charge in [0.2, 0.25) is 11.0 Å².